The van der Waals surface area contributed by atoms with Crippen LogP contribution in [0, 0.1) is 13.8 Å². The number of hydrogen-bond acceptors (Lipinski definition) is 4. The zero-order valence-corrected chi connectivity index (χ0v) is 24.1. The van der Waals surface area contributed by atoms with Crippen LogP contribution in [0.2, 0.25) is 10.0 Å². The molecule has 0 unspecified atom stereocenters. The van der Waals surface area contributed by atoms with Gasteiger partial charge in [0, 0.05) is 23.1 Å². The van der Waals surface area contributed by atoms with Crippen LogP contribution in [0.15, 0.2) is 71.6 Å². The summed E-state index contributed by atoms with van der Waals surface area (Å²) in [6.07, 6.45) is 0. The lowest BCUT2D eigenvalue weighted by atomic mass is 10.1. The largest absolute Gasteiger partial charge is 0.355 e. The van der Waals surface area contributed by atoms with Gasteiger partial charge in [-0.3, -0.25) is 13.9 Å². The van der Waals surface area contributed by atoms with Crippen molar-refractivity contribution in [3.8, 4) is 0 Å². The molecule has 3 aromatic carbocycles. The second-order valence-corrected chi connectivity index (χ2v) is 11.7. The smallest absolute Gasteiger partial charge is 0.264 e. The van der Waals surface area contributed by atoms with E-state index in [4.69, 9.17) is 23.2 Å². The average Bonchev–Trinajstić information content (AvgIpc) is 2.86. The third-order valence-electron chi connectivity index (χ3n) is 6.14. The number of benzene rings is 3. The highest BCUT2D eigenvalue weighted by atomic mass is 35.5. The first-order chi connectivity index (χ1) is 17.9. The highest BCUT2D eigenvalue weighted by Gasteiger charge is 2.33. The highest BCUT2D eigenvalue weighted by molar-refractivity contribution is 7.92. The van der Waals surface area contributed by atoms with Gasteiger partial charge in [-0.15, -0.1) is 0 Å². The van der Waals surface area contributed by atoms with Crippen molar-refractivity contribution >= 4 is 50.7 Å². The summed E-state index contributed by atoms with van der Waals surface area (Å²) in [4.78, 5) is 28.1. The molecule has 0 spiro atoms. The van der Waals surface area contributed by atoms with Crippen molar-refractivity contribution in [2.75, 3.05) is 17.4 Å². The van der Waals surface area contributed by atoms with Crippen LogP contribution in [-0.2, 0) is 26.2 Å². The number of likely N-dealkylation sites (N-methyl/N-ethyl adjacent to an activating group) is 1. The maximum atomic E-state index is 13.9. The molecule has 3 rings (SSSR count). The number of sulfonamides is 1. The number of anilines is 1. The zero-order valence-electron chi connectivity index (χ0n) is 21.7. The summed E-state index contributed by atoms with van der Waals surface area (Å²) in [5.41, 5.74) is 2.81. The van der Waals surface area contributed by atoms with Gasteiger partial charge in [-0.2, -0.15) is 0 Å². The predicted octanol–water partition coefficient (Wildman–Crippen LogP) is 5.36. The van der Waals surface area contributed by atoms with E-state index in [0.29, 0.717) is 6.54 Å². The molecule has 0 aromatic heterocycles. The summed E-state index contributed by atoms with van der Waals surface area (Å²) in [7, 11) is -4.20. The third-order valence-corrected chi connectivity index (χ3v) is 8.37. The molecule has 0 aliphatic rings. The van der Waals surface area contributed by atoms with Crippen LogP contribution in [0.4, 0.5) is 5.69 Å². The Bertz CT molecular complexity index is 1390. The maximum absolute atomic E-state index is 13.9. The normalized spacial score (nSPS) is 12.1. The number of carbonyl (C=O) groups is 2. The summed E-state index contributed by atoms with van der Waals surface area (Å²) in [6.45, 7) is 7.12. The molecule has 0 saturated carbocycles. The molecule has 0 heterocycles. The molecule has 0 saturated heterocycles. The highest BCUT2D eigenvalue weighted by Crippen LogP contribution is 2.30. The van der Waals surface area contributed by atoms with Gasteiger partial charge in [0.15, 0.2) is 0 Å². The van der Waals surface area contributed by atoms with Crippen molar-refractivity contribution in [1.82, 2.24) is 10.2 Å². The Hall–Kier alpha value is -3.07. The van der Waals surface area contributed by atoms with Crippen LogP contribution in [0.25, 0.3) is 0 Å². The van der Waals surface area contributed by atoms with E-state index in [1.165, 1.54) is 35.2 Å². The lowest BCUT2D eigenvalue weighted by Gasteiger charge is -2.32. The fourth-order valence-corrected chi connectivity index (χ4v) is 5.84. The van der Waals surface area contributed by atoms with Gasteiger partial charge in [-0.05, 0) is 69.2 Å². The maximum Gasteiger partial charge on any atom is 0.264 e. The van der Waals surface area contributed by atoms with Gasteiger partial charge in [0.1, 0.15) is 12.6 Å². The third kappa shape index (κ3) is 7.07. The van der Waals surface area contributed by atoms with Gasteiger partial charge in [0.25, 0.3) is 10.0 Å². The van der Waals surface area contributed by atoms with Crippen LogP contribution < -0.4 is 9.62 Å². The van der Waals surface area contributed by atoms with E-state index >= 15 is 0 Å². The fourth-order valence-electron chi connectivity index (χ4n) is 3.93. The van der Waals surface area contributed by atoms with Crippen LogP contribution in [0.5, 0.6) is 0 Å². The van der Waals surface area contributed by atoms with Crippen LogP contribution in [0.1, 0.15) is 30.5 Å². The molecule has 0 bridgehead atoms. The Morgan fingerprint density at radius 1 is 0.947 bits per heavy atom. The van der Waals surface area contributed by atoms with Gasteiger partial charge in [0.05, 0.1) is 10.6 Å². The van der Waals surface area contributed by atoms with E-state index in [1.807, 2.05) is 38.1 Å². The SMILES string of the molecule is CCNC(=O)[C@H](C)N(Cc1ccccc1C)C(=O)CN(c1cc(Cl)cc(Cl)c1)S(=O)(=O)c1ccc(C)cc1. The summed E-state index contributed by atoms with van der Waals surface area (Å²) in [6, 6.07) is 17.3. The molecule has 2 amide bonds. The summed E-state index contributed by atoms with van der Waals surface area (Å²) < 4.78 is 28.6. The molecule has 1 N–H and O–H groups in total. The van der Waals surface area contributed by atoms with Crippen molar-refractivity contribution in [3.05, 3.63) is 93.5 Å². The number of carbonyl (C=O) groups excluding carboxylic acids is 2. The molecule has 202 valence electrons. The number of nitrogens with one attached hydrogen (secondary N) is 1. The monoisotopic (exact) mass is 575 g/mol. The van der Waals surface area contributed by atoms with Crippen LogP contribution >= 0.6 is 23.2 Å². The van der Waals surface area contributed by atoms with E-state index in [-0.39, 0.29) is 33.1 Å². The Kier molecular flexibility index (Phi) is 9.82. The fraction of sp³-hybridized carbons (Fsp3) is 0.286. The lowest BCUT2D eigenvalue weighted by Crippen LogP contribution is -2.51. The predicted molar refractivity (Wildman–Crippen MR) is 152 cm³/mol. The van der Waals surface area contributed by atoms with E-state index in [2.05, 4.69) is 5.32 Å². The number of rotatable bonds is 10. The summed E-state index contributed by atoms with van der Waals surface area (Å²) in [5, 5.41) is 3.18. The zero-order chi connectivity index (χ0) is 28.0. The Balaban J connectivity index is 2.08. The molecule has 38 heavy (non-hydrogen) atoms. The number of hydrogen-bond donors (Lipinski definition) is 1. The molecule has 0 aliphatic heterocycles. The number of aryl methyl sites for hydroxylation is 2. The molecule has 0 fully saturated rings. The molecule has 3 aromatic rings. The van der Waals surface area contributed by atoms with Crippen molar-refractivity contribution in [2.45, 2.75) is 45.2 Å². The first kappa shape index (κ1) is 29.5. The Morgan fingerprint density at radius 3 is 2.13 bits per heavy atom. The molecule has 0 aliphatic carbocycles. The van der Waals surface area contributed by atoms with Gasteiger partial charge < -0.3 is 10.2 Å². The number of nitrogens with zero attached hydrogens (tertiary/aromatic N) is 2. The van der Waals surface area contributed by atoms with E-state index in [0.717, 1.165) is 21.0 Å². The van der Waals surface area contributed by atoms with Crippen LogP contribution in [-0.4, -0.2) is 44.3 Å². The van der Waals surface area contributed by atoms with E-state index in [1.54, 1.807) is 26.0 Å². The van der Waals surface area contributed by atoms with Gasteiger partial charge >= 0.3 is 0 Å². The Morgan fingerprint density at radius 2 is 1.55 bits per heavy atom. The lowest BCUT2D eigenvalue weighted by molar-refractivity contribution is -0.139. The molecule has 7 nitrogen and oxygen atoms in total. The summed E-state index contributed by atoms with van der Waals surface area (Å²) >= 11 is 12.4. The minimum Gasteiger partial charge on any atom is -0.355 e. The first-order valence-electron chi connectivity index (χ1n) is 12.1. The minimum atomic E-state index is -4.20. The van der Waals surface area contributed by atoms with Gasteiger partial charge in [-0.25, -0.2) is 8.42 Å². The van der Waals surface area contributed by atoms with Crippen LogP contribution in [0.3, 0.4) is 0 Å². The number of halogens is 2. The van der Waals surface area contributed by atoms with Crippen molar-refractivity contribution < 1.29 is 18.0 Å². The number of amides is 2. The molecule has 1 atom stereocenters. The second kappa shape index (κ2) is 12.7. The topological polar surface area (TPSA) is 86.8 Å². The van der Waals surface area contributed by atoms with E-state index in [9.17, 15) is 18.0 Å². The Labute approximate surface area is 234 Å². The molecule has 10 heteroatoms. The van der Waals surface area contributed by atoms with Crippen molar-refractivity contribution in [3.63, 3.8) is 0 Å². The molecular formula is C28H31Cl2N3O4S. The van der Waals surface area contributed by atoms with Gasteiger partial charge in [0.2, 0.25) is 11.8 Å². The molecule has 0 radical (unpaired) electrons. The first-order valence-corrected chi connectivity index (χ1v) is 14.3. The average molecular weight is 577 g/mol. The standard InChI is InChI=1S/C28H31Cl2N3O4S/c1-5-31-28(35)21(4)32(17-22-9-7-6-8-20(22)3)27(34)18-33(25-15-23(29)14-24(30)16-25)38(36,37)26-12-10-19(2)11-13-26/h6-16,21H,5,17-18H2,1-4H3,(H,31,35)/t21-/m0/s1. The quantitative estimate of drug-likeness (QED) is 0.352. The van der Waals surface area contributed by atoms with Gasteiger partial charge in [-0.1, -0.05) is 65.2 Å². The van der Waals surface area contributed by atoms with E-state index < -0.39 is 28.5 Å². The summed E-state index contributed by atoms with van der Waals surface area (Å²) in [5.74, 6) is -0.896. The van der Waals surface area contributed by atoms with Crippen molar-refractivity contribution in [2.24, 2.45) is 0 Å². The van der Waals surface area contributed by atoms with Crippen molar-refractivity contribution in [1.29, 1.82) is 0 Å². The minimum absolute atomic E-state index is 0.00854. The molecular weight excluding hydrogens is 545 g/mol. The second-order valence-electron chi connectivity index (χ2n) is 8.97.